The van der Waals surface area contributed by atoms with Crippen molar-refractivity contribution < 1.29 is 0 Å². The Morgan fingerprint density at radius 1 is 1.10 bits per heavy atom. The minimum absolute atomic E-state index is 0.523. The van der Waals surface area contributed by atoms with Crippen LogP contribution in [0.1, 0.15) is 18.2 Å². The summed E-state index contributed by atoms with van der Waals surface area (Å²) in [6.07, 6.45) is 0. The van der Waals surface area contributed by atoms with Gasteiger partial charge in [0, 0.05) is 12.2 Å². The largest absolute Gasteiger partial charge is 0.369 e. The second-order valence-corrected chi connectivity index (χ2v) is 6.19. The van der Waals surface area contributed by atoms with Gasteiger partial charge in [-0.15, -0.1) is 0 Å². The predicted molar refractivity (Wildman–Crippen MR) is 86.3 cm³/mol. The van der Waals surface area contributed by atoms with Crippen LogP contribution in [0, 0.1) is 13.8 Å². The molecule has 0 saturated heterocycles. The Labute approximate surface area is 133 Å². The third-order valence-corrected chi connectivity index (χ3v) is 4.13. The van der Waals surface area contributed by atoms with E-state index in [-0.39, 0.29) is 0 Å². The van der Waals surface area contributed by atoms with Crippen molar-refractivity contribution in [3.63, 3.8) is 0 Å². The molecule has 2 aromatic rings. The van der Waals surface area contributed by atoms with Crippen LogP contribution in [0.5, 0.6) is 0 Å². The number of aryl methyl sites for hydroxylation is 2. The number of nitrogens with zero attached hydrogens (tertiary/aromatic N) is 2. The van der Waals surface area contributed by atoms with Gasteiger partial charge in [-0.25, -0.2) is 9.97 Å². The summed E-state index contributed by atoms with van der Waals surface area (Å²) in [4.78, 5) is 8.94. The van der Waals surface area contributed by atoms with Crippen molar-refractivity contribution in [3.8, 4) is 0 Å². The molecule has 106 valence electrons. The summed E-state index contributed by atoms with van der Waals surface area (Å²) >= 11 is 13.7. The van der Waals surface area contributed by atoms with E-state index in [2.05, 4.69) is 15.3 Å². The van der Waals surface area contributed by atoms with Crippen molar-refractivity contribution in [2.45, 2.75) is 30.8 Å². The van der Waals surface area contributed by atoms with Gasteiger partial charge in [-0.05, 0) is 56.3 Å². The molecular formula is C14H15Cl2N3S. The number of rotatable bonds is 4. The zero-order chi connectivity index (χ0) is 14.7. The maximum absolute atomic E-state index is 6.21. The van der Waals surface area contributed by atoms with Crippen molar-refractivity contribution in [3.05, 3.63) is 39.5 Å². The first-order valence-corrected chi connectivity index (χ1v) is 7.80. The van der Waals surface area contributed by atoms with Gasteiger partial charge in [0.05, 0.1) is 10.0 Å². The highest BCUT2D eigenvalue weighted by molar-refractivity contribution is 7.99. The van der Waals surface area contributed by atoms with Gasteiger partial charge in [-0.1, -0.05) is 23.2 Å². The maximum Gasteiger partial charge on any atom is 0.146 e. The topological polar surface area (TPSA) is 37.8 Å². The highest BCUT2D eigenvalue weighted by Crippen LogP contribution is 2.35. The Morgan fingerprint density at radius 2 is 1.85 bits per heavy atom. The normalized spacial score (nSPS) is 10.7. The van der Waals surface area contributed by atoms with E-state index in [0.29, 0.717) is 20.9 Å². The zero-order valence-electron chi connectivity index (χ0n) is 11.5. The van der Waals surface area contributed by atoms with E-state index in [0.717, 1.165) is 22.8 Å². The molecule has 1 N–H and O–H groups in total. The third-order valence-electron chi connectivity index (χ3n) is 2.52. The number of halogens is 2. The van der Waals surface area contributed by atoms with Gasteiger partial charge in [0.25, 0.3) is 0 Å². The smallest absolute Gasteiger partial charge is 0.146 e. The highest BCUT2D eigenvalue weighted by atomic mass is 35.5. The molecule has 0 spiro atoms. The molecule has 0 unspecified atom stereocenters. The lowest BCUT2D eigenvalue weighted by Gasteiger charge is -2.09. The number of pyridine rings is 2. The van der Waals surface area contributed by atoms with E-state index in [1.807, 2.05) is 32.9 Å². The van der Waals surface area contributed by atoms with Gasteiger partial charge >= 0.3 is 0 Å². The second kappa shape index (κ2) is 6.66. The van der Waals surface area contributed by atoms with Gasteiger partial charge in [0.2, 0.25) is 0 Å². The average Bonchev–Trinajstić information content (AvgIpc) is 2.34. The molecule has 0 radical (unpaired) electrons. The minimum atomic E-state index is 0.523. The Balaban J connectivity index is 2.34. The monoisotopic (exact) mass is 327 g/mol. The molecule has 2 heterocycles. The van der Waals surface area contributed by atoms with Crippen LogP contribution in [0.25, 0.3) is 0 Å². The molecule has 20 heavy (non-hydrogen) atoms. The molecule has 0 amide bonds. The standard InChI is InChI=1S/C14H15Cl2N3S/c1-4-17-13-10(15)7-11(16)14(19-13)20-12-6-8(2)5-9(3)18-12/h5-7H,4H2,1-3H3,(H,17,19). The molecule has 6 heteroatoms. The van der Waals surface area contributed by atoms with E-state index in [4.69, 9.17) is 23.2 Å². The van der Waals surface area contributed by atoms with Gasteiger partial charge in [0.15, 0.2) is 0 Å². The van der Waals surface area contributed by atoms with Crippen molar-refractivity contribution in [1.29, 1.82) is 0 Å². The van der Waals surface area contributed by atoms with E-state index < -0.39 is 0 Å². The van der Waals surface area contributed by atoms with Crippen LogP contribution in [0.2, 0.25) is 10.0 Å². The molecule has 0 saturated carbocycles. The van der Waals surface area contributed by atoms with Crippen LogP contribution < -0.4 is 5.32 Å². The summed E-state index contributed by atoms with van der Waals surface area (Å²) in [6.45, 7) is 6.75. The third kappa shape index (κ3) is 3.78. The lowest BCUT2D eigenvalue weighted by atomic mass is 10.3. The van der Waals surface area contributed by atoms with E-state index >= 15 is 0 Å². The summed E-state index contributed by atoms with van der Waals surface area (Å²) in [5.74, 6) is 0.644. The molecule has 0 aliphatic heterocycles. The van der Waals surface area contributed by atoms with Crippen molar-refractivity contribution in [1.82, 2.24) is 9.97 Å². The quantitative estimate of drug-likeness (QED) is 0.859. The fourth-order valence-corrected chi connectivity index (χ4v) is 3.24. The molecule has 0 fully saturated rings. The lowest BCUT2D eigenvalue weighted by molar-refractivity contribution is 1.03. The lowest BCUT2D eigenvalue weighted by Crippen LogP contribution is -2.01. The second-order valence-electron chi connectivity index (χ2n) is 4.36. The Bertz CT molecular complexity index is 612. The van der Waals surface area contributed by atoms with Crippen LogP contribution in [-0.4, -0.2) is 16.5 Å². The van der Waals surface area contributed by atoms with Crippen LogP contribution in [-0.2, 0) is 0 Å². The van der Waals surface area contributed by atoms with Crippen LogP contribution in [0.15, 0.2) is 28.3 Å². The van der Waals surface area contributed by atoms with Crippen molar-refractivity contribution in [2.24, 2.45) is 0 Å². The Hall–Kier alpha value is -0.970. The number of anilines is 1. The number of hydrogen-bond acceptors (Lipinski definition) is 4. The van der Waals surface area contributed by atoms with Crippen LogP contribution >= 0.6 is 35.0 Å². The molecule has 3 nitrogen and oxygen atoms in total. The maximum atomic E-state index is 6.21. The molecule has 2 aromatic heterocycles. The zero-order valence-corrected chi connectivity index (χ0v) is 13.8. The first kappa shape index (κ1) is 15.4. The first-order chi connectivity index (χ1) is 9.49. The van der Waals surface area contributed by atoms with Crippen LogP contribution in [0.3, 0.4) is 0 Å². The summed E-state index contributed by atoms with van der Waals surface area (Å²) in [6, 6.07) is 5.75. The molecule has 0 aromatic carbocycles. The fourth-order valence-electron chi connectivity index (χ4n) is 1.77. The first-order valence-electron chi connectivity index (χ1n) is 6.22. The van der Waals surface area contributed by atoms with Crippen molar-refractivity contribution in [2.75, 3.05) is 11.9 Å². The summed E-state index contributed by atoms with van der Waals surface area (Å²) in [5, 5.41) is 5.74. The summed E-state index contributed by atoms with van der Waals surface area (Å²) in [7, 11) is 0. The Morgan fingerprint density at radius 3 is 2.50 bits per heavy atom. The molecule has 2 rings (SSSR count). The molecule has 0 bridgehead atoms. The number of hydrogen-bond donors (Lipinski definition) is 1. The molecule has 0 aliphatic rings. The van der Waals surface area contributed by atoms with Gasteiger partial charge in [0.1, 0.15) is 15.9 Å². The fraction of sp³-hybridized carbons (Fsp3) is 0.286. The van der Waals surface area contributed by atoms with Gasteiger partial charge in [-0.2, -0.15) is 0 Å². The summed E-state index contributed by atoms with van der Waals surface area (Å²) < 4.78 is 0. The van der Waals surface area contributed by atoms with Crippen molar-refractivity contribution >= 4 is 40.8 Å². The molecule has 0 atom stereocenters. The Kier molecular flexibility index (Phi) is 5.13. The van der Waals surface area contributed by atoms with E-state index in [1.165, 1.54) is 11.8 Å². The minimum Gasteiger partial charge on any atom is -0.369 e. The van der Waals surface area contributed by atoms with Crippen LogP contribution in [0.4, 0.5) is 5.82 Å². The predicted octanol–water partition coefficient (Wildman–Crippen LogP) is 4.98. The number of aromatic nitrogens is 2. The highest BCUT2D eigenvalue weighted by Gasteiger charge is 2.11. The molecular weight excluding hydrogens is 313 g/mol. The van der Waals surface area contributed by atoms with E-state index in [1.54, 1.807) is 6.07 Å². The van der Waals surface area contributed by atoms with Gasteiger partial charge < -0.3 is 5.32 Å². The SMILES string of the molecule is CCNc1nc(Sc2cc(C)cc(C)n2)c(Cl)cc1Cl. The average molecular weight is 328 g/mol. The number of nitrogens with one attached hydrogen (secondary N) is 1. The molecule has 0 aliphatic carbocycles. The van der Waals surface area contributed by atoms with Gasteiger partial charge in [-0.3, -0.25) is 0 Å². The van der Waals surface area contributed by atoms with E-state index in [9.17, 15) is 0 Å². The summed E-state index contributed by atoms with van der Waals surface area (Å²) in [5.41, 5.74) is 2.14.